The molecule has 1 atom stereocenters. The Hall–Kier alpha value is -0.0800. The average Bonchev–Trinajstić information content (AvgIpc) is 2.21. The second kappa shape index (κ2) is 7.24. The van der Waals surface area contributed by atoms with Crippen molar-refractivity contribution in [3.63, 3.8) is 0 Å². The summed E-state index contributed by atoms with van der Waals surface area (Å²) in [6, 6.07) is 0.787. The molecule has 2 nitrogen and oxygen atoms in total. The molecule has 0 spiro atoms. The molecule has 0 aliphatic carbocycles. The first-order valence-electron chi connectivity index (χ1n) is 6.64. The second-order valence-corrected chi connectivity index (χ2v) is 5.21. The molecule has 15 heavy (non-hydrogen) atoms. The third-order valence-electron chi connectivity index (χ3n) is 3.57. The summed E-state index contributed by atoms with van der Waals surface area (Å²) >= 11 is 0. The standard InChI is InChI=1S/C13H28N2/c1-4-5-12(2)6-9-14-13-7-10-15(3)11-8-13/h12-14H,4-11H2,1-3H3. The Kier molecular flexibility index (Phi) is 6.26. The van der Waals surface area contributed by atoms with E-state index in [1.165, 1.54) is 51.7 Å². The summed E-state index contributed by atoms with van der Waals surface area (Å²) in [5.74, 6) is 0.897. The van der Waals surface area contributed by atoms with Crippen molar-refractivity contribution >= 4 is 0 Å². The quantitative estimate of drug-likeness (QED) is 0.728. The van der Waals surface area contributed by atoms with Crippen LogP contribution in [0.15, 0.2) is 0 Å². The Morgan fingerprint density at radius 1 is 1.27 bits per heavy atom. The van der Waals surface area contributed by atoms with Gasteiger partial charge in [0.05, 0.1) is 0 Å². The van der Waals surface area contributed by atoms with E-state index in [1.54, 1.807) is 0 Å². The molecule has 0 saturated carbocycles. The van der Waals surface area contributed by atoms with E-state index in [9.17, 15) is 0 Å². The number of likely N-dealkylation sites (tertiary alicyclic amines) is 1. The number of nitrogens with one attached hydrogen (secondary N) is 1. The smallest absolute Gasteiger partial charge is 0.00914 e. The highest BCUT2D eigenvalue weighted by atomic mass is 15.1. The molecule has 1 heterocycles. The number of nitrogens with zero attached hydrogens (tertiary/aromatic N) is 1. The highest BCUT2D eigenvalue weighted by Crippen LogP contribution is 2.11. The Bertz CT molecular complexity index is 151. The molecule has 0 aromatic rings. The minimum Gasteiger partial charge on any atom is -0.314 e. The molecule has 0 radical (unpaired) electrons. The molecule has 1 rings (SSSR count). The van der Waals surface area contributed by atoms with E-state index in [-0.39, 0.29) is 0 Å². The first-order valence-corrected chi connectivity index (χ1v) is 6.64. The molecule has 1 aliphatic heterocycles. The van der Waals surface area contributed by atoms with Gasteiger partial charge in [0.1, 0.15) is 0 Å². The van der Waals surface area contributed by atoms with Gasteiger partial charge in [0, 0.05) is 6.04 Å². The molecule has 0 aromatic heterocycles. The van der Waals surface area contributed by atoms with E-state index < -0.39 is 0 Å². The van der Waals surface area contributed by atoms with Crippen molar-refractivity contribution in [3.05, 3.63) is 0 Å². The summed E-state index contributed by atoms with van der Waals surface area (Å²) in [7, 11) is 2.22. The number of piperidine rings is 1. The predicted molar refractivity (Wildman–Crippen MR) is 67.2 cm³/mol. The zero-order valence-electron chi connectivity index (χ0n) is 10.8. The molecule has 1 N–H and O–H groups in total. The Balaban J connectivity index is 2.00. The van der Waals surface area contributed by atoms with E-state index in [0.29, 0.717) is 0 Å². The number of hydrogen-bond acceptors (Lipinski definition) is 2. The highest BCUT2D eigenvalue weighted by molar-refractivity contribution is 4.75. The summed E-state index contributed by atoms with van der Waals surface area (Å²) in [5.41, 5.74) is 0. The van der Waals surface area contributed by atoms with Crippen LogP contribution in [0.2, 0.25) is 0 Å². The van der Waals surface area contributed by atoms with Gasteiger partial charge in [-0.3, -0.25) is 0 Å². The van der Waals surface area contributed by atoms with Crippen molar-refractivity contribution in [1.82, 2.24) is 10.2 Å². The third kappa shape index (κ3) is 5.53. The lowest BCUT2D eigenvalue weighted by molar-refractivity contribution is 0.232. The van der Waals surface area contributed by atoms with E-state index >= 15 is 0 Å². The van der Waals surface area contributed by atoms with Crippen LogP contribution in [0, 0.1) is 5.92 Å². The maximum Gasteiger partial charge on any atom is 0.00914 e. The molecule has 1 unspecified atom stereocenters. The Morgan fingerprint density at radius 2 is 1.93 bits per heavy atom. The molecular formula is C13H28N2. The molecule has 90 valence electrons. The number of hydrogen-bond donors (Lipinski definition) is 1. The van der Waals surface area contributed by atoms with Crippen LogP contribution < -0.4 is 5.32 Å². The fraction of sp³-hybridized carbons (Fsp3) is 1.00. The molecule has 1 fully saturated rings. The largest absolute Gasteiger partial charge is 0.314 e. The van der Waals surface area contributed by atoms with E-state index in [4.69, 9.17) is 0 Å². The maximum atomic E-state index is 3.70. The molecule has 0 amide bonds. The lowest BCUT2D eigenvalue weighted by atomic mass is 10.0. The van der Waals surface area contributed by atoms with Gasteiger partial charge in [0.15, 0.2) is 0 Å². The van der Waals surface area contributed by atoms with Gasteiger partial charge < -0.3 is 10.2 Å². The molecule has 1 aliphatic rings. The highest BCUT2D eigenvalue weighted by Gasteiger charge is 2.15. The third-order valence-corrected chi connectivity index (χ3v) is 3.57. The van der Waals surface area contributed by atoms with Gasteiger partial charge in [-0.25, -0.2) is 0 Å². The number of rotatable bonds is 6. The zero-order valence-corrected chi connectivity index (χ0v) is 10.8. The summed E-state index contributed by atoms with van der Waals surface area (Å²) in [5, 5.41) is 3.70. The molecule has 1 saturated heterocycles. The van der Waals surface area contributed by atoms with Gasteiger partial charge in [-0.15, -0.1) is 0 Å². The Morgan fingerprint density at radius 3 is 2.53 bits per heavy atom. The summed E-state index contributed by atoms with van der Waals surface area (Å²) in [6.45, 7) is 8.40. The zero-order chi connectivity index (χ0) is 11.1. The SMILES string of the molecule is CCCC(C)CCNC1CCN(C)CC1. The van der Waals surface area contributed by atoms with Gasteiger partial charge in [-0.05, 0) is 51.9 Å². The van der Waals surface area contributed by atoms with Crippen molar-refractivity contribution in [2.45, 2.75) is 52.0 Å². The van der Waals surface area contributed by atoms with E-state index in [2.05, 4.69) is 31.1 Å². The fourth-order valence-corrected chi connectivity index (χ4v) is 2.38. The van der Waals surface area contributed by atoms with Crippen molar-refractivity contribution in [2.24, 2.45) is 5.92 Å². The lowest BCUT2D eigenvalue weighted by Gasteiger charge is -2.29. The second-order valence-electron chi connectivity index (χ2n) is 5.21. The van der Waals surface area contributed by atoms with Gasteiger partial charge in [-0.2, -0.15) is 0 Å². The van der Waals surface area contributed by atoms with Crippen LogP contribution in [-0.2, 0) is 0 Å². The normalized spacial score (nSPS) is 21.8. The van der Waals surface area contributed by atoms with Gasteiger partial charge in [-0.1, -0.05) is 26.7 Å². The van der Waals surface area contributed by atoms with Crippen LogP contribution in [0.1, 0.15) is 46.0 Å². The summed E-state index contributed by atoms with van der Waals surface area (Å²) in [6.07, 6.45) is 6.72. The van der Waals surface area contributed by atoms with Crippen LogP contribution >= 0.6 is 0 Å². The van der Waals surface area contributed by atoms with Crippen molar-refractivity contribution in [2.75, 3.05) is 26.7 Å². The average molecular weight is 212 g/mol. The van der Waals surface area contributed by atoms with Crippen LogP contribution in [0.4, 0.5) is 0 Å². The van der Waals surface area contributed by atoms with Crippen LogP contribution in [0.25, 0.3) is 0 Å². The van der Waals surface area contributed by atoms with Crippen molar-refractivity contribution in [3.8, 4) is 0 Å². The first kappa shape index (κ1) is 13.0. The maximum absolute atomic E-state index is 3.70. The minimum absolute atomic E-state index is 0.787. The predicted octanol–water partition coefficient (Wildman–Crippen LogP) is 2.50. The first-order chi connectivity index (χ1) is 7.22. The fourth-order valence-electron chi connectivity index (χ4n) is 2.38. The molecule has 0 bridgehead atoms. The topological polar surface area (TPSA) is 15.3 Å². The van der Waals surface area contributed by atoms with Gasteiger partial charge in [0.2, 0.25) is 0 Å². The van der Waals surface area contributed by atoms with Crippen LogP contribution in [0.3, 0.4) is 0 Å². The lowest BCUT2D eigenvalue weighted by Crippen LogP contribution is -2.41. The molecular weight excluding hydrogens is 184 g/mol. The van der Waals surface area contributed by atoms with Crippen LogP contribution in [-0.4, -0.2) is 37.6 Å². The van der Waals surface area contributed by atoms with Crippen molar-refractivity contribution in [1.29, 1.82) is 0 Å². The molecule has 0 aromatic carbocycles. The van der Waals surface area contributed by atoms with Crippen molar-refractivity contribution < 1.29 is 0 Å². The van der Waals surface area contributed by atoms with Crippen LogP contribution in [0.5, 0.6) is 0 Å². The summed E-state index contributed by atoms with van der Waals surface area (Å²) in [4.78, 5) is 2.43. The van der Waals surface area contributed by atoms with Gasteiger partial charge >= 0.3 is 0 Å². The minimum atomic E-state index is 0.787. The monoisotopic (exact) mass is 212 g/mol. The summed E-state index contributed by atoms with van der Waals surface area (Å²) < 4.78 is 0. The Labute approximate surface area is 95.4 Å². The van der Waals surface area contributed by atoms with Gasteiger partial charge in [0.25, 0.3) is 0 Å². The van der Waals surface area contributed by atoms with E-state index in [0.717, 1.165) is 12.0 Å². The molecule has 2 heteroatoms. The van der Waals surface area contributed by atoms with E-state index in [1.807, 2.05) is 0 Å².